The predicted octanol–water partition coefficient (Wildman–Crippen LogP) is 3.74. The molecule has 0 bridgehead atoms. The first-order valence-corrected chi connectivity index (χ1v) is 7.91. The largest absolute Gasteiger partial charge is 0.347 e. The molecule has 0 unspecified atom stereocenters. The molecule has 0 aliphatic heterocycles. The third-order valence-corrected chi connectivity index (χ3v) is 3.66. The van der Waals surface area contributed by atoms with Crippen molar-refractivity contribution in [2.75, 3.05) is 5.32 Å². The van der Waals surface area contributed by atoms with Gasteiger partial charge in [-0.1, -0.05) is 35.9 Å². The summed E-state index contributed by atoms with van der Waals surface area (Å²) in [5.41, 5.74) is 1.80. The summed E-state index contributed by atoms with van der Waals surface area (Å²) in [5, 5.41) is 5.21. The van der Waals surface area contributed by atoms with Crippen LogP contribution in [-0.4, -0.2) is 15.9 Å². The van der Waals surface area contributed by atoms with E-state index in [0.29, 0.717) is 6.54 Å². The van der Waals surface area contributed by atoms with Crippen molar-refractivity contribution in [3.8, 4) is 0 Å². The molecule has 2 N–H and O–H groups in total. The number of hydrogen-bond donors (Lipinski definition) is 2. The molecule has 0 aliphatic rings. The number of para-hydroxylation sites is 1. The zero-order valence-electron chi connectivity index (χ0n) is 14.0. The Hall–Kier alpha value is -3.35. The van der Waals surface area contributed by atoms with Crippen LogP contribution in [0.5, 0.6) is 0 Å². The molecule has 0 saturated carbocycles. The molecule has 0 atom stereocenters. The van der Waals surface area contributed by atoms with Crippen molar-refractivity contribution in [3.63, 3.8) is 0 Å². The van der Waals surface area contributed by atoms with Crippen LogP contribution < -0.4 is 10.6 Å². The van der Waals surface area contributed by atoms with Gasteiger partial charge in [0.05, 0.1) is 0 Å². The van der Waals surface area contributed by atoms with Crippen LogP contribution in [-0.2, 0) is 6.54 Å². The van der Waals surface area contributed by atoms with Crippen molar-refractivity contribution in [3.05, 3.63) is 83.2 Å². The highest BCUT2D eigenvalue weighted by molar-refractivity contribution is 5.92. The van der Waals surface area contributed by atoms with Crippen molar-refractivity contribution in [1.82, 2.24) is 15.3 Å². The number of benzene rings is 2. The van der Waals surface area contributed by atoms with E-state index in [9.17, 15) is 13.6 Å². The molecule has 0 aliphatic carbocycles. The van der Waals surface area contributed by atoms with Crippen LogP contribution >= 0.6 is 0 Å². The van der Waals surface area contributed by atoms with Crippen LogP contribution in [0.3, 0.4) is 0 Å². The summed E-state index contributed by atoms with van der Waals surface area (Å²) in [6, 6.07) is 12.7. The Morgan fingerprint density at radius 2 is 1.73 bits per heavy atom. The van der Waals surface area contributed by atoms with Crippen molar-refractivity contribution in [2.45, 2.75) is 13.5 Å². The van der Waals surface area contributed by atoms with Gasteiger partial charge < -0.3 is 10.6 Å². The standard InChI is InChI=1S/C19H16F2N4O/c1-12-5-7-13(8-6-12)11-23-18(26)16-9-10-22-19(24-16)25-17-14(20)3-2-4-15(17)21/h2-10H,11H2,1H3,(H,23,26)(H,22,24,25). The number of nitrogens with one attached hydrogen (secondary N) is 2. The number of rotatable bonds is 5. The molecule has 3 rings (SSSR count). The van der Waals surface area contributed by atoms with Gasteiger partial charge in [0.25, 0.3) is 5.91 Å². The summed E-state index contributed by atoms with van der Waals surface area (Å²) in [6.07, 6.45) is 1.34. The minimum absolute atomic E-state index is 0.0722. The van der Waals surface area contributed by atoms with Crippen LogP contribution in [0.2, 0.25) is 0 Å². The molecule has 1 heterocycles. The molecule has 0 spiro atoms. The lowest BCUT2D eigenvalue weighted by Gasteiger charge is -2.09. The average Bonchev–Trinajstić information content (AvgIpc) is 2.64. The van der Waals surface area contributed by atoms with Gasteiger partial charge in [0, 0.05) is 12.7 Å². The fraction of sp³-hybridized carbons (Fsp3) is 0.105. The van der Waals surface area contributed by atoms with Gasteiger partial charge in [-0.3, -0.25) is 4.79 Å². The van der Waals surface area contributed by atoms with E-state index in [4.69, 9.17) is 0 Å². The van der Waals surface area contributed by atoms with E-state index in [0.717, 1.165) is 23.3 Å². The van der Waals surface area contributed by atoms with E-state index in [1.54, 1.807) is 0 Å². The number of carbonyl (C=O) groups is 1. The molecule has 2 aromatic carbocycles. The molecule has 1 amide bonds. The predicted molar refractivity (Wildman–Crippen MR) is 94.0 cm³/mol. The topological polar surface area (TPSA) is 66.9 Å². The molecule has 7 heteroatoms. The molecule has 132 valence electrons. The highest BCUT2D eigenvalue weighted by Crippen LogP contribution is 2.21. The first kappa shape index (κ1) is 17.5. The quantitative estimate of drug-likeness (QED) is 0.733. The van der Waals surface area contributed by atoms with Gasteiger partial charge in [-0.15, -0.1) is 0 Å². The van der Waals surface area contributed by atoms with E-state index in [-0.39, 0.29) is 17.3 Å². The van der Waals surface area contributed by atoms with Crippen LogP contribution in [0.1, 0.15) is 21.6 Å². The fourth-order valence-corrected chi connectivity index (χ4v) is 2.25. The SMILES string of the molecule is Cc1ccc(CNC(=O)c2ccnc(Nc3c(F)cccc3F)n2)cc1. The molecule has 3 aromatic rings. The molecule has 5 nitrogen and oxygen atoms in total. The van der Waals surface area contributed by atoms with Gasteiger partial charge >= 0.3 is 0 Å². The van der Waals surface area contributed by atoms with E-state index in [1.807, 2.05) is 31.2 Å². The Morgan fingerprint density at radius 3 is 2.42 bits per heavy atom. The zero-order chi connectivity index (χ0) is 18.5. The number of anilines is 2. The highest BCUT2D eigenvalue weighted by atomic mass is 19.1. The number of nitrogens with zero attached hydrogens (tertiary/aromatic N) is 2. The van der Waals surface area contributed by atoms with Crippen molar-refractivity contribution in [2.24, 2.45) is 0 Å². The van der Waals surface area contributed by atoms with Gasteiger partial charge in [0.15, 0.2) is 0 Å². The number of aromatic nitrogens is 2. The number of carbonyl (C=O) groups excluding carboxylic acids is 1. The molecule has 26 heavy (non-hydrogen) atoms. The van der Waals surface area contributed by atoms with E-state index in [1.165, 1.54) is 18.3 Å². The van der Waals surface area contributed by atoms with Gasteiger partial charge in [-0.05, 0) is 30.7 Å². The normalized spacial score (nSPS) is 10.4. The van der Waals surface area contributed by atoms with Crippen LogP contribution in [0, 0.1) is 18.6 Å². The number of hydrogen-bond acceptors (Lipinski definition) is 4. The van der Waals surface area contributed by atoms with Crippen LogP contribution in [0.25, 0.3) is 0 Å². The summed E-state index contributed by atoms with van der Waals surface area (Å²) in [6.45, 7) is 2.32. The Bertz CT molecular complexity index is 909. The lowest BCUT2D eigenvalue weighted by Crippen LogP contribution is -2.24. The molecule has 0 fully saturated rings. The maximum absolute atomic E-state index is 13.7. The molecule has 1 aromatic heterocycles. The highest BCUT2D eigenvalue weighted by Gasteiger charge is 2.12. The Balaban J connectivity index is 1.70. The Kier molecular flexibility index (Phi) is 5.17. The lowest BCUT2D eigenvalue weighted by atomic mass is 10.1. The first-order chi connectivity index (χ1) is 12.5. The third-order valence-electron chi connectivity index (χ3n) is 3.66. The second-order valence-corrected chi connectivity index (χ2v) is 5.66. The van der Waals surface area contributed by atoms with Gasteiger partial charge in [0.2, 0.25) is 5.95 Å². The lowest BCUT2D eigenvalue weighted by molar-refractivity contribution is 0.0946. The van der Waals surface area contributed by atoms with E-state index in [2.05, 4.69) is 20.6 Å². The average molecular weight is 354 g/mol. The van der Waals surface area contributed by atoms with Gasteiger partial charge in [-0.2, -0.15) is 0 Å². The second-order valence-electron chi connectivity index (χ2n) is 5.66. The molecule has 0 saturated heterocycles. The second kappa shape index (κ2) is 7.69. The van der Waals surface area contributed by atoms with Gasteiger partial charge in [0.1, 0.15) is 23.0 Å². The van der Waals surface area contributed by atoms with E-state index >= 15 is 0 Å². The van der Waals surface area contributed by atoms with Crippen molar-refractivity contribution >= 4 is 17.5 Å². The monoisotopic (exact) mass is 354 g/mol. The first-order valence-electron chi connectivity index (χ1n) is 7.91. The summed E-state index contributed by atoms with van der Waals surface area (Å²) >= 11 is 0. The minimum Gasteiger partial charge on any atom is -0.347 e. The maximum atomic E-state index is 13.7. The fourth-order valence-electron chi connectivity index (χ4n) is 2.25. The number of aryl methyl sites for hydroxylation is 1. The van der Waals surface area contributed by atoms with Crippen LogP contribution in [0.4, 0.5) is 20.4 Å². The van der Waals surface area contributed by atoms with Crippen molar-refractivity contribution < 1.29 is 13.6 Å². The minimum atomic E-state index is -0.775. The summed E-state index contributed by atoms with van der Waals surface area (Å²) < 4.78 is 27.4. The summed E-state index contributed by atoms with van der Waals surface area (Å²) in [5.74, 6) is -2.03. The third kappa shape index (κ3) is 4.18. The van der Waals surface area contributed by atoms with Crippen LogP contribution in [0.15, 0.2) is 54.7 Å². The molecular weight excluding hydrogens is 338 g/mol. The Labute approximate surface area is 149 Å². The van der Waals surface area contributed by atoms with Crippen molar-refractivity contribution in [1.29, 1.82) is 0 Å². The summed E-state index contributed by atoms with van der Waals surface area (Å²) in [7, 11) is 0. The smallest absolute Gasteiger partial charge is 0.270 e. The maximum Gasteiger partial charge on any atom is 0.270 e. The Morgan fingerprint density at radius 1 is 1.04 bits per heavy atom. The number of halogens is 2. The molecule has 0 radical (unpaired) electrons. The van der Waals surface area contributed by atoms with Gasteiger partial charge in [-0.25, -0.2) is 18.7 Å². The van der Waals surface area contributed by atoms with E-state index < -0.39 is 17.5 Å². The molecular formula is C19H16F2N4O. The summed E-state index contributed by atoms with van der Waals surface area (Å²) in [4.78, 5) is 20.1. The number of amides is 1. The zero-order valence-corrected chi connectivity index (χ0v) is 14.0.